The second-order valence-electron chi connectivity index (χ2n) is 6.38. The van der Waals surface area contributed by atoms with Gasteiger partial charge in [0.2, 0.25) is 5.91 Å². The Morgan fingerprint density at radius 2 is 1.74 bits per heavy atom. The minimum atomic E-state index is -0.466. The van der Waals surface area contributed by atoms with Crippen LogP contribution in [0.1, 0.15) is 37.5 Å². The van der Waals surface area contributed by atoms with Crippen molar-refractivity contribution in [1.29, 1.82) is 0 Å². The fourth-order valence-corrected chi connectivity index (χ4v) is 2.05. The number of nitrogens with two attached hydrogens (primary N) is 1. The third kappa shape index (κ3) is 5.03. The van der Waals surface area contributed by atoms with Gasteiger partial charge in [-0.1, -0.05) is 50.1 Å². The van der Waals surface area contributed by atoms with Crippen molar-refractivity contribution in [2.75, 3.05) is 6.54 Å². The Bertz CT molecular complexity index is 426. The van der Waals surface area contributed by atoms with Gasteiger partial charge in [-0.05, 0) is 31.2 Å². The van der Waals surface area contributed by atoms with E-state index in [2.05, 4.69) is 37.4 Å². The minimum Gasteiger partial charge on any atom is -0.354 e. The van der Waals surface area contributed by atoms with E-state index in [-0.39, 0.29) is 11.3 Å². The molecular formula is C16H26N2O. The minimum absolute atomic E-state index is 0.0723. The highest BCUT2D eigenvalue weighted by molar-refractivity contribution is 5.82. The number of carbonyl (C=O) groups excluding carboxylic acids is 1. The summed E-state index contributed by atoms with van der Waals surface area (Å²) in [4.78, 5) is 11.9. The number of amides is 1. The van der Waals surface area contributed by atoms with Crippen LogP contribution in [0.25, 0.3) is 0 Å². The standard InChI is InChI=1S/C16H26N2O/c1-11-8-12(2)10-13(9-11)6-7-18-15(19)14(17)16(3,4)5/h8-10,14H,6-7,17H2,1-5H3,(H,18,19)/t14-/m1/s1. The Kier molecular flexibility index (Phi) is 5.12. The molecule has 1 rings (SSSR count). The SMILES string of the molecule is Cc1cc(C)cc(CCNC(=O)[C@@H](N)C(C)(C)C)c1. The quantitative estimate of drug-likeness (QED) is 0.875. The molecule has 3 N–H and O–H groups in total. The van der Waals surface area contributed by atoms with E-state index in [4.69, 9.17) is 5.73 Å². The first-order valence-corrected chi connectivity index (χ1v) is 6.80. The Labute approximate surface area is 116 Å². The molecule has 3 nitrogen and oxygen atoms in total. The zero-order valence-corrected chi connectivity index (χ0v) is 12.7. The van der Waals surface area contributed by atoms with E-state index in [1.807, 2.05) is 20.8 Å². The van der Waals surface area contributed by atoms with Crippen molar-refractivity contribution >= 4 is 5.91 Å². The van der Waals surface area contributed by atoms with Crippen LogP contribution in [0.5, 0.6) is 0 Å². The summed E-state index contributed by atoms with van der Waals surface area (Å²) in [7, 11) is 0. The van der Waals surface area contributed by atoms with Crippen LogP contribution in [0.3, 0.4) is 0 Å². The molecule has 0 unspecified atom stereocenters. The number of rotatable bonds is 4. The van der Waals surface area contributed by atoms with Crippen LogP contribution in [-0.2, 0) is 11.2 Å². The summed E-state index contributed by atoms with van der Waals surface area (Å²) in [5.74, 6) is -0.0723. The van der Waals surface area contributed by atoms with Gasteiger partial charge in [-0.3, -0.25) is 4.79 Å². The van der Waals surface area contributed by atoms with Crippen LogP contribution in [0.15, 0.2) is 18.2 Å². The Morgan fingerprint density at radius 1 is 1.21 bits per heavy atom. The molecule has 1 aromatic rings. The third-order valence-corrected chi connectivity index (χ3v) is 3.21. The highest BCUT2D eigenvalue weighted by Crippen LogP contribution is 2.17. The highest BCUT2D eigenvalue weighted by atomic mass is 16.2. The van der Waals surface area contributed by atoms with Crippen molar-refractivity contribution in [3.63, 3.8) is 0 Å². The van der Waals surface area contributed by atoms with E-state index >= 15 is 0 Å². The van der Waals surface area contributed by atoms with Crippen LogP contribution >= 0.6 is 0 Å². The Morgan fingerprint density at radius 3 is 2.21 bits per heavy atom. The molecule has 106 valence electrons. The number of nitrogens with one attached hydrogen (secondary N) is 1. The van der Waals surface area contributed by atoms with Crippen LogP contribution in [0, 0.1) is 19.3 Å². The molecule has 0 fully saturated rings. The average molecular weight is 262 g/mol. The number of hydrogen-bond acceptors (Lipinski definition) is 2. The predicted octanol–water partition coefficient (Wildman–Crippen LogP) is 2.34. The molecule has 0 aliphatic heterocycles. The summed E-state index contributed by atoms with van der Waals surface area (Å²) in [6.07, 6.45) is 0.838. The fraction of sp³-hybridized carbons (Fsp3) is 0.562. The lowest BCUT2D eigenvalue weighted by Crippen LogP contribution is -2.48. The first-order valence-electron chi connectivity index (χ1n) is 6.80. The van der Waals surface area contributed by atoms with Crippen LogP contribution < -0.4 is 11.1 Å². The molecular weight excluding hydrogens is 236 g/mol. The number of hydrogen-bond donors (Lipinski definition) is 2. The van der Waals surface area contributed by atoms with Gasteiger partial charge in [-0.25, -0.2) is 0 Å². The van der Waals surface area contributed by atoms with Crippen LogP contribution in [-0.4, -0.2) is 18.5 Å². The molecule has 0 aliphatic carbocycles. The molecule has 1 amide bonds. The first kappa shape index (κ1) is 15.7. The van der Waals surface area contributed by atoms with Gasteiger partial charge in [0.15, 0.2) is 0 Å². The smallest absolute Gasteiger partial charge is 0.237 e. The molecule has 0 bridgehead atoms. The predicted molar refractivity (Wildman–Crippen MR) is 80.1 cm³/mol. The van der Waals surface area contributed by atoms with Crippen molar-refractivity contribution in [2.45, 2.75) is 47.1 Å². The topological polar surface area (TPSA) is 55.1 Å². The lowest BCUT2D eigenvalue weighted by atomic mass is 9.87. The summed E-state index contributed by atoms with van der Waals surface area (Å²) in [6.45, 7) is 10.7. The summed E-state index contributed by atoms with van der Waals surface area (Å²) in [6, 6.07) is 6.00. The second-order valence-corrected chi connectivity index (χ2v) is 6.38. The van der Waals surface area contributed by atoms with Gasteiger partial charge in [-0.15, -0.1) is 0 Å². The lowest BCUT2D eigenvalue weighted by molar-refractivity contribution is -0.124. The van der Waals surface area contributed by atoms with Gasteiger partial charge in [-0.2, -0.15) is 0 Å². The highest BCUT2D eigenvalue weighted by Gasteiger charge is 2.26. The zero-order valence-electron chi connectivity index (χ0n) is 12.7. The number of benzene rings is 1. The molecule has 0 aromatic heterocycles. The van der Waals surface area contributed by atoms with Gasteiger partial charge < -0.3 is 11.1 Å². The molecule has 0 spiro atoms. The largest absolute Gasteiger partial charge is 0.354 e. The Balaban J connectivity index is 2.48. The number of carbonyl (C=O) groups is 1. The maximum absolute atomic E-state index is 11.9. The van der Waals surface area contributed by atoms with Crippen molar-refractivity contribution in [2.24, 2.45) is 11.1 Å². The van der Waals surface area contributed by atoms with Crippen molar-refractivity contribution in [3.05, 3.63) is 34.9 Å². The lowest BCUT2D eigenvalue weighted by Gasteiger charge is -2.25. The summed E-state index contributed by atoms with van der Waals surface area (Å²) < 4.78 is 0. The van der Waals surface area contributed by atoms with Crippen molar-refractivity contribution in [3.8, 4) is 0 Å². The zero-order chi connectivity index (χ0) is 14.6. The van der Waals surface area contributed by atoms with Gasteiger partial charge in [0.05, 0.1) is 6.04 Å². The van der Waals surface area contributed by atoms with Gasteiger partial charge in [0.25, 0.3) is 0 Å². The van der Waals surface area contributed by atoms with E-state index in [0.717, 1.165) is 6.42 Å². The molecule has 1 aromatic carbocycles. The van der Waals surface area contributed by atoms with Crippen molar-refractivity contribution < 1.29 is 4.79 Å². The third-order valence-electron chi connectivity index (χ3n) is 3.21. The summed E-state index contributed by atoms with van der Waals surface area (Å²) in [5, 5.41) is 2.91. The molecule has 19 heavy (non-hydrogen) atoms. The summed E-state index contributed by atoms with van der Waals surface area (Å²) in [5.41, 5.74) is 9.47. The second kappa shape index (κ2) is 6.20. The monoisotopic (exact) mass is 262 g/mol. The van der Waals surface area contributed by atoms with Gasteiger partial charge in [0, 0.05) is 6.54 Å². The molecule has 0 saturated carbocycles. The van der Waals surface area contributed by atoms with Crippen LogP contribution in [0.4, 0.5) is 0 Å². The van der Waals surface area contributed by atoms with E-state index in [0.29, 0.717) is 6.54 Å². The van der Waals surface area contributed by atoms with Gasteiger partial charge >= 0.3 is 0 Å². The Hall–Kier alpha value is -1.35. The maximum Gasteiger partial charge on any atom is 0.237 e. The van der Waals surface area contributed by atoms with E-state index in [1.54, 1.807) is 0 Å². The van der Waals surface area contributed by atoms with E-state index < -0.39 is 6.04 Å². The first-order chi connectivity index (χ1) is 8.70. The summed E-state index contributed by atoms with van der Waals surface area (Å²) >= 11 is 0. The molecule has 0 radical (unpaired) electrons. The van der Waals surface area contributed by atoms with E-state index in [9.17, 15) is 4.79 Å². The normalized spacial score (nSPS) is 13.2. The average Bonchev–Trinajstić information content (AvgIpc) is 2.25. The van der Waals surface area contributed by atoms with Crippen molar-refractivity contribution in [1.82, 2.24) is 5.32 Å². The number of aryl methyl sites for hydroxylation is 2. The molecule has 0 saturated heterocycles. The molecule has 3 heteroatoms. The molecule has 0 heterocycles. The van der Waals surface area contributed by atoms with Crippen LogP contribution in [0.2, 0.25) is 0 Å². The van der Waals surface area contributed by atoms with Gasteiger partial charge in [0.1, 0.15) is 0 Å². The fourth-order valence-electron chi connectivity index (χ4n) is 2.05. The maximum atomic E-state index is 11.9. The molecule has 1 atom stereocenters. The van der Waals surface area contributed by atoms with E-state index in [1.165, 1.54) is 16.7 Å². The molecule has 0 aliphatic rings.